The van der Waals surface area contributed by atoms with Crippen molar-refractivity contribution in [2.75, 3.05) is 25.6 Å². The highest BCUT2D eigenvalue weighted by Crippen LogP contribution is 2.14. The number of carbonyl (C=O) groups excluding carboxylic acids is 1. The minimum Gasteiger partial charge on any atom is -0.507 e. The zero-order valence-corrected chi connectivity index (χ0v) is 10.2. The smallest absolute Gasteiger partial charge is 0.255 e. The molecule has 0 heterocycles. The van der Waals surface area contributed by atoms with Crippen molar-refractivity contribution in [2.24, 2.45) is 0 Å². The van der Waals surface area contributed by atoms with Crippen LogP contribution in [0.1, 0.15) is 16.8 Å². The molecule has 5 heteroatoms. The van der Waals surface area contributed by atoms with E-state index in [1.165, 1.54) is 6.07 Å². The molecule has 17 heavy (non-hydrogen) atoms. The van der Waals surface area contributed by atoms with Crippen molar-refractivity contribution in [1.82, 2.24) is 5.32 Å². The zero-order chi connectivity index (χ0) is 12.5. The summed E-state index contributed by atoms with van der Waals surface area (Å²) in [5.74, 6) is 0.188. The standard InChI is InChI=1S/C12H16ClNO3/c13-6-9-17-8-3-7-14-12(16)10-4-1-2-5-11(10)15/h1-2,4-5,15H,3,6-9H2,(H,14,16). The third-order valence-corrected chi connectivity index (χ3v) is 2.28. The monoisotopic (exact) mass is 257 g/mol. The predicted octanol–water partition coefficient (Wildman–Crippen LogP) is 1.77. The summed E-state index contributed by atoms with van der Waals surface area (Å²) in [7, 11) is 0. The molecule has 1 aromatic carbocycles. The Balaban J connectivity index is 2.24. The van der Waals surface area contributed by atoms with Gasteiger partial charge >= 0.3 is 0 Å². The number of nitrogens with one attached hydrogen (secondary N) is 1. The Labute approximate surface area is 106 Å². The number of rotatable bonds is 7. The minimum absolute atomic E-state index is 0.0107. The summed E-state index contributed by atoms with van der Waals surface area (Å²) in [5, 5.41) is 12.2. The van der Waals surface area contributed by atoms with E-state index in [0.717, 1.165) is 6.42 Å². The highest BCUT2D eigenvalue weighted by atomic mass is 35.5. The van der Waals surface area contributed by atoms with E-state index >= 15 is 0 Å². The lowest BCUT2D eigenvalue weighted by molar-refractivity contribution is 0.0942. The molecule has 0 bridgehead atoms. The highest BCUT2D eigenvalue weighted by molar-refractivity contribution is 6.17. The van der Waals surface area contributed by atoms with Crippen LogP contribution in [0.4, 0.5) is 0 Å². The summed E-state index contributed by atoms with van der Waals surface area (Å²) >= 11 is 5.44. The van der Waals surface area contributed by atoms with Gasteiger partial charge in [-0.25, -0.2) is 0 Å². The van der Waals surface area contributed by atoms with E-state index in [-0.39, 0.29) is 17.2 Å². The molecule has 0 radical (unpaired) electrons. The molecule has 0 saturated carbocycles. The number of phenols is 1. The van der Waals surface area contributed by atoms with E-state index in [0.29, 0.717) is 25.6 Å². The van der Waals surface area contributed by atoms with Crippen molar-refractivity contribution in [1.29, 1.82) is 0 Å². The maximum Gasteiger partial charge on any atom is 0.255 e. The molecule has 1 aromatic rings. The van der Waals surface area contributed by atoms with E-state index in [1.54, 1.807) is 18.2 Å². The summed E-state index contributed by atoms with van der Waals surface area (Å²) in [6.07, 6.45) is 0.718. The lowest BCUT2D eigenvalue weighted by Gasteiger charge is -2.06. The number of amides is 1. The molecule has 0 aliphatic rings. The van der Waals surface area contributed by atoms with Crippen LogP contribution in [0.5, 0.6) is 5.75 Å². The first kappa shape index (κ1) is 13.8. The molecular weight excluding hydrogens is 242 g/mol. The van der Waals surface area contributed by atoms with Crippen LogP contribution >= 0.6 is 11.6 Å². The van der Waals surface area contributed by atoms with Crippen molar-refractivity contribution in [3.05, 3.63) is 29.8 Å². The van der Waals surface area contributed by atoms with E-state index < -0.39 is 0 Å². The Bertz CT molecular complexity index is 357. The fourth-order valence-electron chi connectivity index (χ4n) is 1.29. The second-order valence-electron chi connectivity index (χ2n) is 3.43. The van der Waals surface area contributed by atoms with E-state index in [4.69, 9.17) is 16.3 Å². The van der Waals surface area contributed by atoms with Crippen molar-refractivity contribution >= 4 is 17.5 Å². The van der Waals surface area contributed by atoms with Gasteiger partial charge in [0.25, 0.3) is 5.91 Å². The van der Waals surface area contributed by atoms with Crippen LogP contribution in [0, 0.1) is 0 Å². The first-order chi connectivity index (χ1) is 8.25. The van der Waals surface area contributed by atoms with Crippen LogP contribution in [0.3, 0.4) is 0 Å². The Morgan fingerprint density at radius 1 is 1.35 bits per heavy atom. The van der Waals surface area contributed by atoms with Crippen molar-refractivity contribution < 1.29 is 14.6 Å². The highest BCUT2D eigenvalue weighted by Gasteiger charge is 2.08. The first-order valence-corrected chi connectivity index (χ1v) is 5.99. The fraction of sp³-hybridized carbons (Fsp3) is 0.417. The molecule has 0 unspecified atom stereocenters. The number of halogens is 1. The molecule has 0 aromatic heterocycles. The van der Waals surface area contributed by atoms with Gasteiger partial charge in [-0.1, -0.05) is 12.1 Å². The van der Waals surface area contributed by atoms with Crippen LogP contribution in [0.15, 0.2) is 24.3 Å². The summed E-state index contributed by atoms with van der Waals surface area (Å²) in [4.78, 5) is 11.6. The van der Waals surface area contributed by atoms with Gasteiger partial charge in [-0.15, -0.1) is 11.6 Å². The van der Waals surface area contributed by atoms with E-state index in [1.807, 2.05) is 0 Å². The fourth-order valence-corrected chi connectivity index (χ4v) is 1.40. The van der Waals surface area contributed by atoms with Crippen molar-refractivity contribution in [3.8, 4) is 5.75 Å². The van der Waals surface area contributed by atoms with E-state index in [9.17, 15) is 9.90 Å². The van der Waals surface area contributed by atoms with Gasteiger partial charge in [0.2, 0.25) is 0 Å². The molecule has 4 nitrogen and oxygen atoms in total. The quantitative estimate of drug-likeness (QED) is 0.578. The van der Waals surface area contributed by atoms with Gasteiger partial charge in [0.1, 0.15) is 5.75 Å². The topological polar surface area (TPSA) is 58.6 Å². The lowest BCUT2D eigenvalue weighted by Crippen LogP contribution is -2.25. The van der Waals surface area contributed by atoms with Crippen LogP contribution < -0.4 is 5.32 Å². The van der Waals surface area contributed by atoms with Gasteiger partial charge in [0.05, 0.1) is 12.2 Å². The third kappa shape index (κ3) is 5.06. The van der Waals surface area contributed by atoms with Crippen molar-refractivity contribution in [3.63, 3.8) is 0 Å². The molecule has 0 spiro atoms. The van der Waals surface area contributed by atoms with Gasteiger partial charge in [-0.05, 0) is 18.6 Å². The molecular formula is C12H16ClNO3. The molecule has 0 fully saturated rings. The number of hydrogen-bond donors (Lipinski definition) is 2. The number of para-hydroxylation sites is 1. The molecule has 0 saturated heterocycles. The van der Waals surface area contributed by atoms with Gasteiger partial charge in [-0.3, -0.25) is 4.79 Å². The number of alkyl halides is 1. The normalized spacial score (nSPS) is 10.2. The molecule has 0 aliphatic carbocycles. The number of aromatic hydroxyl groups is 1. The maximum absolute atomic E-state index is 11.6. The third-order valence-electron chi connectivity index (χ3n) is 2.12. The molecule has 0 atom stereocenters. The number of hydrogen-bond acceptors (Lipinski definition) is 3. The van der Waals surface area contributed by atoms with Crippen LogP contribution in [0.25, 0.3) is 0 Å². The number of carbonyl (C=O) groups is 1. The lowest BCUT2D eigenvalue weighted by atomic mass is 10.2. The zero-order valence-electron chi connectivity index (χ0n) is 9.49. The van der Waals surface area contributed by atoms with Crippen LogP contribution in [-0.2, 0) is 4.74 Å². The number of benzene rings is 1. The molecule has 1 rings (SSSR count). The molecule has 0 aliphatic heterocycles. The maximum atomic E-state index is 11.6. The summed E-state index contributed by atoms with van der Waals surface area (Å²) in [6.45, 7) is 1.60. The second kappa shape index (κ2) is 7.92. The average Bonchev–Trinajstić information content (AvgIpc) is 2.34. The Kier molecular flexibility index (Phi) is 6.43. The van der Waals surface area contributed by atoms with E-state index in [2.05, 4.69) is 5.32 Å². The van der Waals surface area contributed by atoms with Crippen LogP contribution in [0.2, 0.25) is 0 Å². The minimum atomic E-state index is -0.277. The van der Waals surface area contributed by atoms with Gasteiger partial charge < -0.3 is 15.2 Å². The number of ether oxygens (including phenoxy) is 1. The summed E-state index contributed by atoms with van der Waals surface area (Å²) in [5.41, 5.74) is 0.286. The van der Waals surface area contributed by atoms with Gasteiger partial charge in [-0.2, -0.15) is 0 Å². The second-order valence-corrected chi connectivity index (χ2v) is 3.81. The molecule has 2 N–H and O–H groups in total. The predicted molar refractivity (Wildman–Crippen MR) is 66.6 cm³/mol. The van der Waals surface area contributed by atoms with Gasteiger partial charge in [0, 0.05) is 19.0 Å². The summed E-state index contributed by atoms with van der Waals surface area (Å²) < 4.78 is 5.16. The first-order valence-electron chi connectivity index (χ1n) is 5.45. The van der Waals surface area contributed by atoms with Crippen LogP contribution in [-0.4, -0.2) is 36.7 Å². The number of phenolic OH excluding ortho intramolecular Hbond substituents is 1. The Hall–Kier alpha value is -1.26. The SMILES string of the molecule is O=C(NCCCOCCCl)c1ccccc1O. The Morgan fingerprint density at radius 2 is 2.12 bits per heavy atom. The molecule has 94 valence electrons. The van der Waals surface area contributed by atoms with Crippen molar-refractivity contribution in [2.45, 2.75) is 6.42 Å². The molecule has 1 amide bonds. The average molecular weight is 258 g/mol. The largest absolute Gasteiger partial charge is 0.507 e. The Morgan fingerprint density at radius 3 is 2.82 bits per heavy atom. The van der Waals surface area contributed by atoms with Gasteiger partial charge in [0.15, 0.2) is 0 Å². The summed E-state index contributed by atoms with van der Waals surface area (Å²) in [6, 6.07) is 6.44.